The quantitative estimate of drug-likeness (QED) is 0.0171. The number of nitrogens with one attached hydrogen (secondary N) is 15. The number of carbonyl (C=O) groups excluding carboxylic acids is 16. The summed E-state index contributed by atoms with van der Waals surface area (Å²) in [6.45, 7) is 5.99. The molecule has 0 radical (unpaired) electrons. The van der Waals surface area contributed by atoms with E-state index in [2.05, 4.69) is 78.4 Å². The summed E-state index contributed by atoms with van der Waals surface area (Å²) in [5.41, 5.74) is 18.6. The Balaban J connectivity index is 1.10. The van der Waals surface area contributed by atoms with Gasteiger partial charge < -0.3 is 125 Å². The van der Waals surface area contributed by atoms with Crippen molar-refractivity contribution in [2.45, 2.75) is 247 Å². The number of thioether (sulfide) groups is 1. The number of aromatic amines is 3. The third-order valence-electron chi connectivity index (χ3n) is 25.0. The van der Waals surface area contributed by atoms with Crippen molar-refractivity contribution in [3.05, 3.63) is 126 Å². The molecule has 758 valence electrons. The van der Waals surface area contributed by atoms with Crippen molar-refractivity contribution in [2.75, 3.05) is 72.0 Å². The van der Waals surface area contributed by atoms with Crippen LogP contribution in [0.1, 0.15) is 152 Å². The summed E-state index contributed by atoms with van der Waals surface area (Å²) in [5, 5.41) is 61.6. The number of carbonyl (C=O) groups is 16. The highest BCUT2D eigenvalue weighted by Crippen LogP contribution is 2.32. The maximum atomic E-state index is 15.8. The average Bonchev–Trinajstić information content (AvgIpc) is 1.63. The Bertz CT molecular complexity index is 5310. The molecular weight excluding hydrogens is 1830 g/mol. The van der Waals surface area contributed by atoms with Crippen LogP contribution >= 0.6 is 11.8 Å². The molecule has 0 bridgehead atoms. The topological polar surface area (TPSA) is 624 Å². The van der Waals surface area contributed by atoms with Crippen molar-refractivity contribution in [1.82, 2.24) is 103 Å². The fourth-order valence-electron chi connectivity index (χ4n) is 17.3. The van der Waals surface area contributed by atoms with Crippen LogP contribution < -0.4 is 75.7 Å². The number of nitrogens with zero attached hydrogens (tertiary/aromatic N) is 6. The average molecular weight is 1960 g/mol. The van der Waals surface area contributed by atoms with Gasteiger partial charge in [-0.2, -0.15) is 13.2 Å². The zero-order valence-electron chi connectivity index (χ0n) is 79.2. The van der Waals surface area contributed by atoms with E-state index in [1.807, 2.05) is 38.1 Å². The number of benzene rings is 3. The van der Waals surface area contributed by atoms with E-state index in [9.17, 15) is 66.5 Å². The van der Waals surface area contributed by atoms with Crippen LogP contribution in [0.5, 0.6) is 0 Å². The lowest BCUT2D eigenvalue weighted by molar-refractivity contribution is -0.149. The molecule has 0 saturated carbocycles. The number of unbranched alkanes of at least 4 members (excludes halogenated alkanes) is 2. The summed E-state index contributed by atoms with van der Waals surface area (Å²) in [6, 6.07) is -2.85. The van der Waals surface area contributed by atoms with Gasteiger partial charge in [0.2, 0.25) is 94.5 Å². The van der Waals surface area contributed by atoms with Gasteiger partial charge in [0.15, 0.2) is 5.96 Å². The molecule has 139 heavy (non-hydrogen) atoms. The zero-order valence-corrected chi connectivity index (χ0v) is 80.1. The fraction of sp³-hybridized carbons (Fsp3) is 0.548. The van der Waals surface area contributed by atoms with Gasteiger partial charge >= 0.3 is 6.18 Å². The molecule has 15 atom stereocenters. The summed E-state index contributed by atoms with van der Waals surface area (Å²) in [5.74, 6) is -17.3. The first-order valence-corrected chi connectivity index (χ1v) is 47.8. The number of amides is 16. The minimum Gasteiger partial charge on any atom is -0.394 e. The second-order valence-corrected chi connectivity index (χ2v) is 36.9. The van der Waals surface area contributed by atoms with Crippen LogP contribution in [0.25, 0.3) is 21.8 Å². The van der Waals surface area contributed by atoms with Gasteiger partial charge in [0, 0.05) is 124 Å². The molecular formula is C93H131F3N24O18S. The van der Waals surface area contributed by atoms with Crippen LogP contribution in [0.4, 0.5) is 13.2 Å². The number of imidazole rings is 1. The lowest BCUT2D eigenvalue weighted by Gasteiger charge is -2.36. The third-order valence-corrected chi connectivity index (χ3v) is 26.0. The normalized spacial score (nSPS) is 24.6. The Morgan fingerprint density at radius 2 is 1.19 bits per heavy atom. The van der Waals surface area contributed by atoms with Crippen molar-refractivity contribution in [3.63, 3.8) is 0 Å². The van der Waals surface area contributed by atoms with E-state index in [4.69, 9.17) is 22.6 Å². The molecule has 3 fully saturated rings. The second-order valence-electron chi connectivity index (χ2n) is 35.9. The predicted molar refractivity (Wildman–Crippen MR) is 508 cm³/mol. The minimum atomic E-state index is -4.90. The molecule has 16 amide bonds. The SMILES string of the molecule is CCCC[C@H]1C(=O)N(C)[C@@H](CCCC)C(=O)N[C@@H](CCCNC(=N)N)C(=O)N[C@H](C(=O)NCC(N)=O)CSCC(=O)N[C@@H](Cc2cccc(C(F)(F)F)c2)C(=O)N(C)[C@@H](C)C(=O)N[C@@H](CC(N)=O)C(=O)N2CCC[C@H]2C(=O)N[C@@H](Cc2cnc[nH]2)C(=O)N[C@@H](CC(C)C)C(=O)N2C[C@H](O)CC2CN[C@@H](CCc2c[nH]c3ccccc23)C(=O)N[C@@H](CO)C(=O)N[C@@H](Cc2c[nH]c3ccccc23)C(=O)N1C. The number of primary amides is 2. The molecule has 1 unspecified atom stereocenters. The van der Waals surface area contributed by atoms with Crippen LogP contribution in [0, 0.1) is 11.3 Å². The number of hydrogen-bond acceptors (Lipinski definition) is 22. The van der Waals surface area contributed by atoms with Crippen LogP contribution in [-0.2, 0) is 109 Å². The Labute approximate surface area is 806 Å². The molecule has 9 rings (SSSR count). The zero-order chi connectivity index (χ0) is 102. The van der Waals surface area contributed by atoms with Crippen LogP contribution in [0.3, 0.4) is 0 Å². The van der Waals surface area contributed by atoms with Gasteiger partial charge in [-0.05, 0) is 112 Å². The first kappa shape index (κ1) is 109. The number of alkyl halides is 3. The number of nitrogens with two attached hydrogens (primary N) is 3. The number of rotatable bonds is 27. The van der Waals surface area contributed by atoms with E-state index >= 15 is 33.6 Å². The number of aromatic nitrogens is 4. The number of guanidine groups is 1. The Hall–Kier alpha value is -13.2. The summed E-state index contributed by atoms with van der Waals surface area (Å²) in [7, 11) is 3.79. The number of likely N-dealkylation sites (N-methyl/N-ethyl adjacent to an activating group) is 3. The van der Waals surface area contributed by atoms with Crippen molar-refractivity contribution in [2.24, 2.45) is 23.1 Å². The first-order valence-electron chi connectivity index (χ1n) is 46.7. The van der Waals surface area contributed by atoms with E-state index in [0.29, 0.717) is 59.6 Å². The van der Waals surface area contributed by atoms with Gasteiger partial charge in [-0.25, -0.2) is 4.98 Å². The standard InChI is InChI=1S/C93H131F3N24O18S/c1-9-11-27-73-85(132)109-65(26-18-32-102-92(99)100)82(129)115-72(80(127)106-45-77(98)124)48-139-49-78(125)108-68(36-53-20-17-21-56(35-53)93(94,95)96)87(134)116(6)52(5)79(126)111-70(40-76(97)123)89(136)119-33-19-29-74(119)86(133)110-66(38-57-43-101-50-107-57)83(130)112-67(34-51(3)4)90(137)120-46-59(122)39-58(120)44-105-64(31-30-54-41-103-62-24-15-13-22-60(54)62)81(128)114-71(47-121)84(131)113-69(37-55-42-104-63-25-16-14-23-61(55)63)88(135)118(8)75(28-12-10-2)91(138)117(73)7/h13-17,20-25,35,41-43,50-52,58-59,64-75,103-105,121-122H,9-12,18-19,26-34,36-40,44-49H2,1-8H3,(H2,97,123)(H2,98,124)(H,101,107)(H,106,127)(H,108,125)(H,109,132)(H,110,133)(H,111,126)(H,112,130)(H,113,131)(H,114,128)(H,115,129)(H4,99,100,102)/t52-,58?,59+,64-,65-,66-,67-,68-,69-,70-,71-,72-,73-,74-,75-/m0/s1. The molecule has 3 aliphatic heterocycles. The first-order chi connectivity index (χ1) is 66.1. The molecule has 23 N–H and O–H groups in total. The van der Waals surface area contributed by atoms with Gasteiger partial charge in [0.1, 0.15) is 72.5 Å². The Morgan fingerprint density at radius 1 is 0.597 bits per heavy atom. The van der Waals surface area contributed by atoms with Crippen LogP contribution in [-0.4, -0.2) is 318 Å². The number of aryl methyl sites for hydroxylation is 1. The van der Waals surface area contributed by atoms with Crippen molar-refractivity contribution in [1.29, 1.82) is 5.41 Å². The lowest BCUT2D eigenvalue weighted by Crippen LogP contribution is -2.61. The van der Waals surface area contributed by atoms with E-state index in [0.717, 1.165) is 61.3 Å². The Kier molecular flexibility index (Phi) is 40.9. The number of hydrogen-bond donors (Lipinski definition) is 20. The van der Waals surface area contributed by atoms with E-state index in [-0.39, 0.29) is 115 Å². The lowest BCUT2D eigenvalue weighted by atomic mass is 10.00. The fourth-order valence-corrected chi connectivity index (χ4v) is 18.2. The molecule has 46 heteroatoms. The molecule has 3 aliphatic rings. The van der Waals surface area contributed by atoms with Crippen LogP contribution in [0.2, 0.25) is 0 Å². The number of aliphatic hydroxyl groups excluding tert-OH is 2. The summed E-state index contributed by atoms with van der Waals surface area (Å²) < 4.78 is 42.9. The summed E-state index contributed by atoms with van der Waals surface area (Å²) >= 11 is 0.658. The van der Waals surface area contributed by atoms with Crippen molar-refractivity contribution >= 4 is 134 Å². The van der Waals surface area contributed by atoms with Crippen LogP contribution in [0.15, 0.2) is 97.7 Å². The molecule has 3 saturated heterocycles. The third kappa shape index (κ3) is 31.1. The molecule has 0 aliphatic carbocycles. The molecule has 42 nitrogen and oxygen atoms in total. The number of H-pyrrole nitrogens is 3. The molecule has 6 aromatic rings. The molecule has 3 aromatic heterocycles. The number of fused-ring (bicyclic) bond motifs is 4. The second kappa shape index (κ2) is 52.0. The van der Waals surface area contributed by atoms with E-state index < -0.39 is 240 Å². The van der Waals surface area contributed by atoms with E-state index in [1.165, 1.54) is 44.5 Å². The highest BCUT2D eigenvalue weighted by atomic mass is 32.2. The predicted octanol–water partition coefficient (Wildman–Crippen LogP) is -0.752. The van der Waals surface area contributed by atoms with E-state index in [1.54, 1.807) is 50.5 Å². The maximum absolute atomic E-state index is 15.8. The molecule has 3 aromatic carbocycles. The number of aliphatic hydroxyl groups is 2. The minimum absolute atomic E-state index is 0.000351. The van der Waals surface area contributed by atoms with Crippen molar-refractivity contribution < 1.29 is 100 Å². The number of para-hydroxylation sites is 2. The molecule has 0 spiro atoms. The number of halogens is 3. The Morgan fingerprint density at radius 3 is 1.83 bits per heavy atom. The highest BCUT2D eigenvalue weighted by Gasteiger charge is 2.46. The summed E-state index contributed by atoms with van der Waals surface area (Å²) in [6.07, 6.45) is -0.362. The van der Waals surface area contributed by atoms with Crippen molar-refractivity contribution in [3.8, 4) is 0 Å². The summed E-state index contributed by atoms with van der Waals surface area (Å²) in [4.78, 5) is 255. The molecule has 6 heterocycles. The maximum Gasteiger partial charge on any atom is 0.416 e. The van der Waals surface area contributed by atoms with Gasteiger partial charge in [0.25, 0.3) is 0 Å². The monoisotopic (exact) mass is 1960 g/mol. The van der Waals surface area contributed by atoms with Gasteiger partial charge in [0.05, 0.1) is 49.4 Å². The largest absolute Gasteiger partial charge is 0.416 e. The highest BCUT2D eigenvalue weighted by molar-refractivity contribution is 8.00. The van der Waals surface area contributed by atoms with Gasteiger partial charge in [-0.15, -0.1) is 11.8 Å². The smallest absolute Gasteiger partial charge is 0.394 e. The van der Waals surface area contributed by atoms with Gasteiger partial charge in [-0.1, -0.05) is 108 Å². The van der Waals surface area contributed by atoms with Gasteiger partial charge in [-0.3, -0.25) is 82.1 Å².